The van der Waals surface area contributed by atoms with E-state index >= 15 is 0 Å². The van der Waals surface area contributed by atoms with Crippen molar-refractivity contribution in [1.29, 1.82) is 0 Å². The standard InChI is InChI=1S/C22H26N2P/c23-24-18-10-11-19-25(20-12-4-1-5-13-20,21-14-6-2-7-15-21)22-16-8-3-9-17-22/h1-9,12-17,24H,10-11,18-19,23H2/q+1. The molecule has 0 aliphatic heterocycles. The average Bonchev–Trinajstić information content (AvgIpc) is 2.70. The monoisotopic (exact) mass is 349 g/mol. The van der Waals surface area contributed by atoms with E-state index in [1.54, 1.807) is 0 Å². The maximum absolute atomic E-state index is 5.47. The van der Waals surface area contributed by atoms with Crippen molar-refractivity contribution in [2.45, 2.75) is 12.8 Å². The van der Waals surface area contributed by atoms with Crippen LogP contribution in [0.25, 0.3) is 0 Å². The Morgan fingerprint density at radius 1 is 0.600 bits per heavy atom. The smallest absolute Gasteiger partial charge is 0.112 e. The average molecular weight is 349 g/mol. The van der Waals surface area contributed by atoms with Gasteiger partial charge in [0.15, 0.2) is 0 Å². The van der Waals surface area contributed by atoms with E-state index in [-0.39, 0.29) is 0 Å². The zero-order valence-corrected chi connectivity index (χ0v) is 15.4. The van der Waals surface area contributed by atoms with Gasteiger partial charge in [0.2, 0.25) is 0 Å². The number of hydrogen-bond donors (Lipinski definition) is 2. The van der Waals surface area contributed by atoms with E-state index in [9.17, 15) is 0 Å². The molecule has 0 bridgehead atoms. The molecule has 0 radical (unpaired) electrons. The van der Waals surface area contributed by atoms with Crippen molar-refractivity contribution >= 4 is 23.2 Å². The molecule has 128 valence electrons. The summed E-state index contributed by atoms with van der Waals surface area (Å²) in [6.45, 7) is 0.859. The van der Waals surface area contributed by atoms with Crippen molar-refractivity contribution < 1.29 is 0 Å². The van der Waals surface area contributed by atoms with Gasteiger partial charge >= 0.3 is 0 Å². The van der Waals surface area contributed by atoms with Crippen LogP contribution in [-0.2, 0) is 0 Å². The van der Waals surface area contributed by atoms with Crippen LogP contribution in [0.3, 0.4) is 0 Å². The summed E-state index contributed by atoms with van der Waals surface area (Å²) in [6.07, 6.45) is 3.40. The molecule has 0 saturated heterocycles. The van der Waals surface area contributed by atoms with Gasteiger partial charge in [-0.25, -0.2) is 0 Å². The highest BCUT2D eigenvalue weighted by Crippen LogP contribution is 2.55. The molecule has 0 spiro atoms. The molecule has 0 atom stereocenters. The highest BCUT2D eigenvalue weighted by Gasteiger charge is 2.44. The van der Waals surface area contributed by atoms with E-state index in [1.807, 2.05) is 0 Å². The quantitative estimate of drug-likeness (QED) is 0.284. The van der Waals surface area contributed by atoms with Crippen molar-refractivity contribution in [3.8, 4) is 0 Å². The fourth-order valence-corrected chi connectivity index (χ4v) is 7.87. The van der Waals surface area contributed by atoms with Gasteiger partial charge in [-0.3, -0.25) is 11.3 Å². The van der Waals surface area contributed by atoms with E-state index in [2.05, 4.69) is 96.4 Å². The first-order valence-corrected chi connectivity index (χ1v) is 10.8. The molecule has 3 rings (SSSR count). The minimum absolute atomic E-state index is 0.859. The Morgan fingerprint density at radius 2 is 1.00 bits per heavy atom. The molecule has 3 N–H and O–H groups in total. The third kappa shape index (κ3) is 3.99. The number of hydrazine groups is 1. The number of benzene rings is 3. The fraction of sp³-hybridized carbons (Fsp3) is 0.182. The molecule has 3 aromatic rings. The first-order valence-electron chi connectivity index (χ1n) is 8.86. The van der Waals surface area contributed by atoms with E-state index in [0.717, 1.165) is 25.5 Å². The molecular formula is C22H26N2P+. The number of nitrogens with two attached hydrogens (primary N) is 1. The van der Waals surface area contributed by atoms with Crippen LogP contribution in [0, 0.1) is 0 Å². The second kappa shape index (κ2) is 8.92. The summed E-state index contributed by atoms with van der Waals surface area (Å²) < 4.78 is 0. The summed E-state index contributed by atoms with van der Waals surface area (Å²) >= 11 is 0. The maximum Gasteiger partial charge on any atom is 0.112 e. The molecular weight excluding hydrogens is 323 g/mol. The number of unbranched alkanes of at least 4 members (excludes halogenated alkanes) is 1. The first kappa shape index (κ1) is 17.8. The molecule has 0 fully saturated rings. The predicted octanol–water partition coefficient (Wildman–Crippen LogP) is 3.22. The van der Waals surface area contributed by atoms with Crippen LogP contribution in [0.4, 0.5) is 0 Å². The van der Waals surface area contributed by atoms with E-state index in [1.165, 1.54) is 15.9 Å². The zero-order chi connectivity index (χ0) is 17.4. The summed E-state index contributed by atoms with van der Waals surface area (Å²) in [5.74, 6) is 5.47. The minimum Gasteiger partial charge on any atom is -0.271 e. The van der Waals surface area contributed by atoms with Gasteiger partial charge < -0.3 is 0 Å². The molecule has 0 aliphatic rings. The van der Waals surface area contributed by atoms with E-state index < -0.39 is 7.26 Å². The summed E-state index contributed by atoms with van der Waals surface area (Å²) in [7, 11) is -1.66. The van der Waals surface area contributed by atoms with Gasteiger partial charge in [0.05, 0.1) is 6.16 Å². The van der Waals surface area contributed by atoms with Gasteiger partial charge in [0.25, 0.3) is 0 Å². The van der Waals surface area contributed by atoms with Crippen molar-refractivity contribution in [2.75, 3.05) is 12.7 Å². The molecule has 0 unspecified atom stereocenters. The lowest BCUT2D eigenvalue weighted by Crippen LogP contribution is -2.33. The Morgan fingerprint density at radius 3 is 1.36 bits per heavy atom. The third-order valence-electron chi connectivity index (χ3n) is 4.66. The number of nitrogens with one attached hydrogen (secondary N) is 1. The molecule has 0 aromatic heterocycles. The topological polar surface area (TPSA) is 38.0 Å². The molecule has 3 aromatic carbocycles. The molecule has 25 heavy (non-hydrogen) atoms. The molecule has 0 saturated carbocycles. The van der Waals surface area contributed by atoms with Gasteiger partial charge in [-0.15, -0.1) is 0 Å². The summed E-state index contributed by atoms with van der Waals surface area (Å²) in [6, 6.07) is 33.1. The van der Waals surface area contributed by atoms with Gasteiger partial charge in [0.1, 0.15) is 23.2 Å². The largest absolute Gasteiger partial charge is 0.271 e. The number of rotatable bonds is 8. The van der Waals surface area contributed by atoms with Crippen molar-refractivity contribution in [3.05, 3.63) is 91.0 Å². The second-order valence-corrected chi connectivity index (χ2v) is 9.82. The Kier molecular flexibility index (Phi) is 6.36. The van der Waals surface area contributed by atoms with Gasteiger partial charge in [-0.1, -0.05) is 54.6 Å². The zero-order valence-electron chi connectivity index (χ0n) is 14.5. The Balaban J connectivity index is 2.13. The van der Waals surface area contributed by atoms with Crippen LogP contribution in [-0.4, -0.2) is 12.7 Å². The molecule has 2 nitrogen and oxygen atoms in total. The lowest BCUT2D eigenvalue weighted by molar-refractivity contribution is 0.671. The Bertz CT molecular complexity index is 648. The molecule has 3 heteroatoms. The van der Waals surface area contributed by atoms with Crippen LogP contribution in [0.15, 0.2) is 91.0 Å². The summed E-state index contributed by atoms with van der Waals surface area (Å²) in [4.78, 5) is 0. The van der Waals surface area contributed by atoms with Crippen molar-refractivity contribution in [2.24, 2.45) is 5.84 Å². The Hall–Kier alpha value is -1.99. The van der Waals surface area contributed by atoms with Crippen molar-refractivity contribution in [3.63, 3.8) is 0 Å². The van der Waals surface area contributed by atoms with Crippen LogP contribution >= 0.6 is 7.26 Å². The molecule has 0 heterocycles. The van der Waals surface area contributed by atoms with Crippen molar-refractivity contribution in [1.82, 2.24) is 5.43 Å². The highest BCUT2D eigenvalue weighted by molar-refractivity contribution is 7.95. The minimum atomic E-state index is -1.66. The second-order valence-electron chi connectivity index (χ2n) is 6.20. The molecule has 0 amide bonds. The van der Waals surface area contributed by atoms with Gasteiger partial charge in [-0.05, 0) is 49.2 Å². The Labute approximate surface area is 151 Å². The van der Waals surface area contributed by atoms with Crippen LogP contribution in [0.5, 0.6) is 0 Å². The highest BCUT2D eigenvalue weighted by atomic mass is 31.2. The fourth-order valence-electron chi connectivity index (χ4n) is 3.46. The van der Waals surface area contributed by atoms with Crippen LogP contribution in [0.1, 0.15) is 12.8 Å². The van der Waals surface area contributed by atoms with Gasteiger partial charge in [0, 0.05) is 6.54 Å². The van der Waals surface area contributed by atoms with Crippen LogP contribution < -0.4 is 27.2 Å². The lowest BCUT2D eigenvalue weighted by Gasteiger charge is -2.27. The van der Waals surface area contributed by atoms with E-state index in [4.69, 9.17) is 5.84 Å². The van der Waals surface area contributed by atoms with E-state index in [0.29, 0.717) is 0 Å². The maximum atomic E-state index is 5.47. The van der Waals surface area contributed by atoms with Gasteiger partial charge in [-0.2, -0.15) is 0 Å². The first-order chi connectivity index (χ1) is 12.4. The summed E-state index contributed by atoms with van der Waals surface area (Å²) in [5, 5.41) is 4.36. The van der Waals surface area contributed by atoms with Crippen LogP contribution in [0.2, 0.25) is 0 Å². The number of hydrogen-bond acceptors (Lipinski definition) is 2. The summed E-state index contributed by atoms with van der Waals surface area (Å²) in [5.41, 5.74) is 2.79. The SMILES string of the molecule is NNCCCC[P+](c1ccccc1)(c1ccccc1)c1ccccc1. The normalized spacial score (nSPS) is 11.4. The molecule has 0 aliphatic carbocycles. The third-order valence-corrected chi connectivity index (χ3v) is 9.18. The lowest BCUT2D eigenvalue weighted by atomic mass is 10.3. The predicted molar refractivity (Wildman–Crippen MR) is 111 cm³/mol.